The molecule has 40 heavy (non-hydrogen) atoms. The number of hydrogen-bond acceptors (Lipinski definition) is 5. The summed E-state index contributed by atoms with van der Waals surface area (Å²) in [6, 6.07) is 15.0. The van der Waals surface area contributed by atoms with Gasteiger partial charge in [-0.15, -0.1) is 0 Å². The predicted octanol–water partition coefficient (Wildman–Crippen LogP) is 6.07. The molecule has 10 heteroatoms. The Kier molecular flexibility index (Phi) is 7.91. The summed E-state index contributed by atoms with van der Waals surface area (Å²) in [6.07, 6.45) is 5.23. The number of amides is 1. The van der Waals surface area contributed by atoms with Crippen molar-refractivity contribution < 1.29 is 27.4 Å². The molecule has 0 unspecified atom stereocenters. The zero-order valence-electron chi connectivity index (χ0n) is 21.8. The molecule has 0 radical (unpaired) electrons. The second-order valence-electron chi connectivity index (χ2n) is 9.88. The van der Waals surface area contributed by atoms with Crippen molar-refractivity contribution in [2.75, 3.05) is 13.7 Å². The number of carbonyl (C=O) groups is 1. The molecule has 4 aromatic rings. The van der Waals surface area contributed by atoms with E-state index >= 15 is 0 Å². The Labute approximate surface area is 229 Å². The maximum Gasteiger partial charge on any atom is 0.254 e. The molecule has 5 rings (SSSR count). The largest absolute Gasteiger partial charge is 0.497 e. The Hall–Kier alpha value is -4.52. The molecule has 0 bridgehead atoms. The van der Waals surface area contributed by atoms with E-state index in [4.69, 9.17) is 14.7 Å². The van der Waals surface area contributed by atoms with Crippen LogP contribution in [0.25, 0.3) is 10.9 Å². The fourth-order valence-corrected chi connectivity index (χ4v) is 4.99. The normalized spacial score (nSPS) is 16.9. The van der Waals surface area contributed by atoms with Crippen LogP contribution in [0.4, 0.5) is 13.2 Å². The van der Waals surface area contributed by atoms with Gasteiger partial charge in [-0.2, -0.15) is 14.8 Å². The fourth-order valence-electron chi connectivity index (χ4n) is 4.99. The third-order valence-corrected chi connectivity index (χ3v) is 7.30. The molecule has 7 nitrogen and oxygen atoms in total. The summed E-state index contributed by atoms with van der Waals surface area (Å²) >= 11 is 0. The number of fused-ring (bicyclic) bond motifs is 1. The Morgan fingerprint density at radius 2 is 1.82 bits per heavy atom. The molecule has 1 aliphatic rings. The topological polar surface area (TPSA) is 89.2 Å². The Morgan fingerprint density at radius 1 is 1.07 bits per heavy atom. The van der Waals surface area contributed by atoms with Crippen molar-refractivity contribution in [2.24, 2.45) is 5.92 Å². The first-order chi connectivity index (χ1) is 19.4. The van der Waals surface area contributed by atoms with Crippen LogP contribution in [0.3, 0.4) is 0 Å². The molecule has 1 amide bonds. The Balaban J connectivity index is 1.15. The van der Waals surface area contributed by atoms with Crippen molar-refractivity contribution in [2.45, 2.75) is 38.3 Å². The third-order valence-electron chi connectivity index (χ3n) is 7.30. The van der Waals surface area contributed by atoms with E-state index in [1.165, 1.54) is 7.11 Å². The SMILES string of the molecule is COc1ccc(COc2c(F)cc(C(=O)NC[C@H]3CC[C@H](n4cc5ccc(C#N)cc5n4)CC3)c(F)c2F)cc1. The summed E-state index contributed by atoms with van der Waals surface area (Å²) in [6.45, 7) is 0.0670. The summed E-state index contributed by atoms with van der Waals surface area (Å²) < 4.78 is 56.2. The van der Waals surface area contributed by atoms with Crippen LogP contribution in [-0.4, -0.2) is 29.3 Å². The van der Waals surface area contributed by atoms with Gasteiger partial charge in [0.1, 0.15) is 12.4 Å². The van der Waals surface area contributed by atoms with Crippen LogP contribution >= 0.6 is 0 Å². The third kappa shape index (κ3) is 5.73. The van der Waals surface area contributed by atoms with Gasteiger partial charge in [0.15, 0.2) is 17.4 Å². The van der Waals surface area contributed by atoms with Crippen LogP contribution in [-0.2, 0) is 6.61 Å². The van der Waals surface area contributed by atoms with Gasteiger partial charge in [0, 0.05) is 18.1 Å². The van der Waals surface area contributed by atoms with Crippen molar-refractivity contribution >= 4 is 16.8 Å². The number of hydrogen-bond donors (Lipinski definition) is 1. The summed E-state index contributed by atoms with van der Waals surface area (Å²) in [5.74, 6) is -5.18. The summed E-state index contributed by atoms with van der Waals surface area (Å²) in [7, 11) is 1.51. The molecule has 1 fully saturated rings. The quantitative estimate of drug-likeness (QED) is 0.270. The maximum absolute atomic E-state index is 14.7. The summed E-state index contributed by atoms with van der Waals surface area (Å²) in [5, 5.41) is 17.3. The number of carbonyl (C=O) groups excluding carboxylic acids is 1. The minimum absolute atomic E-state index is 0.139. The van der Waals surface area contributed by atoms with Crippen molar-refractivity contribution in [1.82, 2.24) is 15.1 Å². The number of halogens is 3. The van der Waals surface area contributed by atoms with E-state index < -0.39 is 34.7 Å². The number of benzene rings is 3. The van der Waals surface area contributed by atoms with Crippen LogP contribution in [0.5, 0.6) is 11.5 Å². The lowest BCUT2D eigenvalue weighted by Gasteiger charge is -2.28. The molecule has 1 aliphatic carbocycles. The van der Waals surface area contributed by atoms with Crippen LogP contribution in [0.1, 0.15) is 53.2 Å². The molecule has 0 saturated heterocycles. The van der Waals surface area contributed by atoms with E-state index in [1.807, 2.05) is 16.9 Å². The van der Waals surface area contributed by atoms with Crippen LogP contribution in [0.15, 0.2) is 54.7 Å². The lowest BCUT2D eigenvalue weighted by molar-refractivity contribution is 0.0935. The number of nitriles is 1. The van der Waals surface area contributed by atoms with Gasteiger partial charge in [0.05, 0.1) is 35.9 Å². The van der Waals surface area contributed by atoms with Crippen molar-refractivity contribution in [3.8, 4) is 17.6 Å². The van der Waals surface area contributed by atoms with Gasteiger partial charge in [0.2, 0.25) is 5.82 Å². The second-order valence-corrected chi connectivity index (χ2v) is 9.88. The van der Waals surface area contributed by atoms with E-state index in [1.54, 1.807) is 36.4 Å². The molecule has 3 aromatic carbocycles. The van der Waals surface area contributed by atoms with E-state index in [9.17, 15) is 18.0 Å². The number of aromatic nitrogens is 2. The average molecular weight is 549 g/mol. The zero-order valence-corrected chi connectivity index (χ0v) is 21.8. The van der Waals surface area contributed by atoms with Crippen molar-refractivity contribution in [1.29, 1.82) is 5.26 Å². The number of nitrogens with zero attached hydrogens (tertiary/aromatic N) is 3. The first-order valence-corrected chi connectivity index (χ1v) is 13.0. The highest BCUT2D eigenvalue weighted by molar-refractivity contribution is 5.94. The first-order valence-electron chi connectivity index (χ1n) is 13.0. The highest BCUT2D eigenvalue weighted by Gasteiger charge is 2.27. The molecule has 1 aromatic heterocycles. The van der Waals surface area contributed by atoms with Crippen LogP contribution in [0.2, 0.25) is 0 Å². The fraction of sp³-hybridized carbons (Fsp3) is 0.300. The Morgan fingerprint density at radius 3 is 2.52 bits per heavy atom. The zero-order chi connectivity index (χ0) is 28.2. The molecule has 0 aliphatic heterocycles. The monoisotopic (exact) mass is 548 g/mol. The van der Waals surface area contributed by atoms with Gasteiger partial charge in [0.25, 0.3) is 5.91 Å². The first kappa shape index (κ1) is 27.1. The van der Waals surface area contributed by atoms with Gasteiger partial charge in [-0.3, -0.25) is 9.48 Å². The molecule has 1 heterocycles. The molecule has 0 atom stereocenters. The highest BCUT2D eigenvalue weighted by atomic mass is 19.2. The Bertz CT molecular complexity index is 1570. The second kappa shape index (κ2) is 11.7. The molecular formula is C30H27F3N4O3. The molecule has 1 saturated carbocycles. The van der Waals surface area contributed by atoms with Gasteiger partial charge < -0.3 is 14.8 Å². The van der Waals surface area contributed by atoms with Gasteiger partial charge >= 0.3 is 0 Å². The lowest BCUT2D eigenvalue weighted by atomic mass is 9.86. The van der Waals surface area contributed by atoms with E-state index in [-0.39, 0.29) is 25.1 Å². The number of methoxy groups -OCH3 is 1. The number of rotatable bonds is 8. The lowest BCUT2D eigenvalue weighted by Crippen LogP contribution is -2.32. The summed E-state index contributed by atoms with van der Waals surface area (Å²) in [5.41, 5.74) is 1.22. The van der Waals surface area contributed by atoms with E-state index in [0.29, 0.717) is 22.9 Å². The molecule has 0 spiro atoms. The van der Waals surface area contributed by atoms with Gasteiger partial charge in [-0.25, -0.2) is 8.78 Å². The van der Waals surface area contributed by atoms with E-state index in [0.717, 1.165) is 36.6 Å². The van der Waals surface area contributed by atoms with Gasteiger partial charge in [-0.1, -0.05) is 12.1 Å². The standard InChI is InChI=1S/C30H27F3N4O3/c1-39-23-10-5-19(6-11-23)17-40-29-25(31)13-24(27(32)28(29)33)30(38)35-15-18-3-8-22(9-4-18)37-16-21-7-2-20(14-34)12-26(21)36-37/h2,5-7,10-13,16,18,22H,3-4,8-9,15,17H2,1H3,(H,35,38)/t18-,22-. The maximum atomic E-state index is 14.7. The highest BCUT2D eigenvalue weighted by Crippen LogP contribution is 2.33. The summed E-state index contributed by atoms with van der Waals surface area (Å²) in [4.78, 5) is 12.6. The molecular weight excluding hydrogens is 521 g/mol. The van der Waals surface area contributed by atoms with E-state index in [2.05, 4.69) is 16.5 Å². The van der Waals surface area contributed by atoms with Gasteiger partial charge in [-0.05, 0) is 73.6 Å². The van der Waals surface area contributed by atoms with Crippen molar-refractivity contribution in [3.63, 3.8) is 0 Å². The smallest absolute Gasteiger partial charge is 0.254 e. The molecule has 206 valence electrons. The van der Waals surface area contributed by atoms with Crippen LogP contribution in [0, 0.1) is 34.7 Å². The predicted molar refractivity (Wildman–Crippen MR) is 141 cm³/mol. The average Bonchev–Trinajstić information content (AvgIpc) is 3.41. The number of nitrogens with one attached hydrogen (secondary N) is 1. The minimum Gasteiger partial charge on any atom is -0.497 e. The number of ether oxygens (including phenoxy) is 2. The van der Waals surface area contributed by atoms with Crippen LogP contribution < -0.4 is 14.8 Å². The minimum atomic E-state index is -1.55. The molecule has 1 N–H and O–H groups in total. The van der Waals surface area contributed by atoms with Crippen molar-refractivity contribution in [3.05, 3.63) is 88.9 Å².